The zero-order valence-corrected chi connectivity index (χ0v) is 20.4. The van der Waals surface area contributed by atoms with Crippen molar-refractivity contribution in [3.63, 3.8) is 0 Å². The van der Waals surface area contributed by atoms with E-state index >= 15 is 0 Å². The van der Waals surface area contributed by atoms with Crippen LogP contribution in [0.5, 0.6) is 0 Å². The van der Waals surface area contributed by atoms with Crippen LogP contribution >= 0.6 is 24.0 Å². The molecule has 0 amide bonds. The fourth-order valence-electron chi connectivity index (χ4n) is 3.65. The van der Waals surface area contributed by atoms with Crippen LogP contribution in [0.25, 0.3) is 10.9 Å². The fourth-order valence-corrected chi connectivity index (χ4v) is 3.65. The molecule has 158 valence electrons. The van der Waals surface area contributed by atoms with Gasteiger partial charge >= 0.3 is 0 Å². The van der Waals surface area contributed by atoms with E-state index in [2.05, 4.69) is 78.9 Å². The van der Waals surface area contributed by atoms with E-state index in [9.17, 15) is 0 Å². The summed E-state index contributed by atoms with van der Waals surface area (Å²) in [6.45, 7) is 10.1. The second-order valence-corrected chi connectivity index (χ2v) is 7.39. The Labute approximate surface area is 190 Å². The second kappa shape index (κ2) is 10.7. The molecule has 2 heterocycles. The van der Waals surface area contributed by atoms with Crippen LogP contribution in [0.3, 0.4) is 0 Å². The fraction of sp³-hybridized carbons (Fsp3) is 0.455. The monoisotopic (exact) mass is 508 g/mol. The van der Waals surface area contributed by atoms with Gasteiger partial charge in [-0.1, -0.05) is 18.2 Å². The van der Waals surface area contributed by atoms with E-state index in [1.807, 2.05) is 11.7 Å². The van der Waals surface area contributed by atoms with Crippen LogP contribution in [0.1, 0.15) is 36.4 Å². The van der Waals surface area contributed by atoms with Crippen molar-refractivity contribution in [1.82, 2.24) is 25.4 Å². The molecule has 0 fully saturated rings. The predicted molar refractivity (Wildman–Crippen MR) is 132 cm³/mol. The minimum Gasteiger partial charge on any atom is -0.361 e. The molecule has 6 nitrogen and oxygen atoms in total. The number of aliphatic imine (C=N–C) groups is 1. The topological polar surface area (TPSA) is 70.0 Å². The van der Waals surface area contributed by atoms with Crippen molar-refractivity contribution in [2.24, 2.45) is 12.0 Å². The normalized spacial score (nSPS) is 12.7. The number of aryl methyl sites for hydroxylation is 2. The lowest BCUT2D eigenvalue weighted by Crippen LogP contribution is -2.43. The van der Waals surface area contributed by atoms with Gasteiger partial charge in [0.05, 0.1) is 5.69 Å². The second-order valence-electron chi connectivity index (χ2n) is 7.39. The van der Waals surface area contributed by atoms with Crippen LogP contribution in [0.15, 0.2) is 35.5 Å². The molecule has 0 radical (unpaired) electrons. The van der Waals surface area contributed by atoms with Gasteiger partial charge in [-0.05, 0) is 57.7 Å². The first-order chi connectivity index (χ1) is 13.5. The summed E-state index contributed by atoms with van der Waals surface area (Å²) in [6.07, 6.45) is 3.94. The Bertz CT molecular complexity index is 956. The maximum absolute atomic E-state index is 4.79. The number of guanidine groups is 1. The van der Waals surface area contributed by atoms with E-state index in [1.54, 1.807) is 0 Å². The van der Waals surface area contributed by atoms with Crippen molar-refractivity contribution in [2.75, 3.05) is 13.1 Å². The van der Waals surface area contributed by atoms with Gasteiger partial charge in [-0.15, -0.1) is 24.0 Å². The molecule has 3 aromatic rings. The number of aromatic nitrogens is 3. The molecule has 1 unspecified atom stereocenters. The lowest BCUT2D eigenvalue weighted by Gasteiger charge is -2.18. The first-order valence-corrected chi connectivity index (χ1v) is 10.1. The summed E-state index contributed by atoms with van der Waals surface area (Å²) in [5.41, 5.74) is 6.15. The molecular weight excluding hydrogens is 475 g/mol. The minimum absolute atomic E-state index is 0. The average molecular weight is 508 g/mol. The number of fused-ring (bicyclic) bond motifs is 1. The minimum atomic E-state index is 0. The van der Waals surface area contributed by atoms with Crippen LogP contribution in [-0.4, -0.2) is 39.9 Å². The summed E-state index contributed by atoms with van der Waals surface area (Å²) in [6, 6.07) is 8.68. The largest absolute Gasteiger partial charge is 0.361 e. The molecule has 0 aliphatic rings. The predicted octanol–water partition coefficient (Wildman–Crippen LogP) is 3.87. The molecule has 0 saturated carbocycles. The number of halogens is 1. The third kappa shape index (κ3) is 5.74. The van der Waals surface area contributed by atoms with Crippen molar-refractivity contribution in [2.45, 2.75) is 46.6 Å². The Morgan fingerprint density at radius 1 is 1.28 bits per heavy atom. The van der Waals surface area contributed by atoms with Crippen LogP contribution in [0.2, 0.25) is 0 Å². The van der Waals surface area contributed by atoms with Crippen molar-refractivity contribution < 1.29 is 0 Å². The standard InChI is InChI=1S/C22H32N6.HI/c1-6-23-22(26-15(2)13-20-16(3)27-28(5)17(20)4)24-12-11-18-14-25-21-10-8-7-9-19(18)21;/h7-10,14-15,25H,6,11-13H2,1-5H3,(H2,23,24,26);1H. The third-order valence-electron chi connectivity index (χ3n) is 5.22. The SMILES string of the molecule is CCNC(=NCCc1c[nH]c2ccccc12)NC(C)Cc1c(C)nn(C)c1C.I. The molecule has 3 N–H and O–H groups in total. The Morgan fingerprint density at radius 3 is 2.72 bits per heavy atom. The van der Waals surface area contributed by atoms with Crippen LogP contribution in [0, 0.1) is 13.8 Å². The number of aromatic amines is 1. The van der Waals surface area contributed by atoms with E-state index in [-0.39, 0.29) is 30.0 Å². The Morgan fingerprint density at radius 2 is 2.03 bits per heavy atom. The highest BCUT2D eigenvalue weighted by atomic mass is 127. The van der Waals surface area contributed by atoms with Crippen molar-refractivity contribution in [3.05, 3.63) is 53.0 Å². The number of para-hydroxylation sites is 1. The molecule has 0 saturated heterocycles. The van der Waals surface area contributed by atoms with Gasteiger partial charge in [0.15, 0.2) is 5.96 Å². The number of hydrogen-bond acceptors (Lipinski definition) is 2. The number of H-pyrrole nitrogens is 1. The average Bonchev–Trinajstić information content (AvgIpc) is 3.18. The smallest absolute Gasteiger partial charge is 0.191 e. The Balaban J connectivity index is 0.00000300. The molecule has 2 aromatic heterocycles. The highest BCUT2D eigenvalue weighted by Gasteiger charge is 2.14. The van der Waals surface area contributed by atoms with Gasteiger partial charge < -0.3 is 15.6 Å². The van der Waals surface area contributed by atoms with E-state index in [0.29, 0.717) is 0 Å². The van der Waals surface area contributed by atoms with Gasteiger partial charge in [0.1, 0.15) is 0 Å². The van der Waals surface area contributed by atoms with Gasteiger partial charge in [0.2, 0.25) is 0 Å². The number of rotatable bonds is 7. The Hall–Kier alpha value is -2.03. The van der Waals surface area contributed by atoms with E-state index in [0.717, 1.165) is 37.6 Å². The molecular formula is C22H33IN6. The maximum atomic E-state index is 4.79. The highest BCUT2D eigenvalue weighted by molar-refractivity contribution is 14.0. The lowest BCUT2D eigenvalue weighted by atomic mass is 10.1. The summed E-state index contributed by atoms with van der Waals surface area (Å²) in [7, 11) is 2.00. The van der Waals surface area contributed by atoms with Gasteiger partial charge in [-0.25, -0.2) is 0 Å². The molecule has 0 aliphatic heterocycles. The van der Waals surface area contributed by atoms with Crippen LogP contribution < -0.4 is 10.6 Å². The summed E-state index contributed by atoms with van der Waals surface area (Å²) in [5.74, 6) is 0.869. The van der Waals surface area contributed by atoms with E-state index in [4.69, 9.17) is 4.99 Å². The first-order valence-electron chi connectivity index (χ1n) is 10.1. The Kier molecular flexibility index (Phi) is 8.55. The molecule has 0 aliphatic carbocycles. The van der Waals surface area contributed by atoms with Crippen molar-refractivity contribution in [1.29, 1.82) is 0 Å². The van der Waals surface area contributed by atoms with Gasteiger partial charge in [-0.3, -0.25) is 9.67 Å². The molecule has 7 heteroatoms. The zero-order valence-electron chi connectivity index (χ0n) is 18.0. The molecule has 1 atom stereocenters. The van der Waals surface area contributed by atoms with E-state index < -0.39 is 0 Å². The van der Waals surface area contributed by atoms with Gasteiger partial charge in [0.25, 0.3) is 0 Å². The summed E-state index contributed by atoms with van der Waals surface area (Å²) in [4.78, 5) is 8.12. The number of nitrogens with one attached hydrogen (secondary N) is 3. The summed E-state index contributed by atoms with van der Waals surface area (Å²) >= 11 is 0. The lowest BCUT2D eigenvalue weighted by molar-refractivity contribution is 0.636. The van der Waals surface area contributed by atoms with Gasteiger partial charge in [0, 0.05) is 49.0 Å². The summed E-state index contributed by atoms with van der Waals surface area (Å²) in [5, 5.41) is 12.7. The highest BCUT2D eigenvalue weighted by Crippen LogP contribution is 2.18. The summed E-state index contributed by atoms with van der Waals surface area (Å²) < 4.78 is 1.96. The zero-order chi connectivity index (χ0) is 20.1. The quantitative estimate of drug-likeness (QED) is 0.258. The maximum Gasteiger partial charge on any atom is 0.191 e. The number of hydrogen-bond donors (Lipinski definition) is 3. The number of nitrogens with zero attached hydrogens (tertiary/aromatic N) is 3. The molecule has 0 bridgehead atoms. The van der Waals surface area contributed by atoms with E-state index in [1.165, 1.54) is 27.7 Å². The first kappa shape index (κ1) is 23.3. The molecule has 1 aromatic carbocycles. The van der Waals surface area contributed by atoms with Crippen LogP contribution in [0.4, 0.5) is 0 Å². The van der Waals surface area contributed by atoms with Gasteiger partial charge in [-0.2, -0.15) is 5.10 Å². The number of benzene rings is 1. The molecule has 0 spiro atoms. The molecule has 3 rings (SSSR count). The van der Waals surface area contributed by atoms with Crippen LogP contribution in [-0.2, 0) is 19.9 Å². The molecule has 29 heavy (non-hydrogen) atoms. The van der Waals surface area contributed by atoms with Crippen molar-refractivity contribution >= 4 is 40.8 Å². The van der Waals surface area contributed by atoms with Crippen molar-refractivity contribution in [3.8, 4) is 0 Å². The third-order valence-corrected chi connectivity index (χ3v) is 5.22.